The van der Waals surface area contributed by atoms with Gasteiger partial charge in [0.15, 0.2) is 0 Å². The first kappa shape index (κ1) is 19.9. The maximum atomic E-state index is 12.5. The van der Waals surface area contributed by atoms with Gasteiger partial charge in [-0.05, 0) is 25.5 Å². The summed E-state index contributed by atoms with van der Waals surface area (Å²) in [6.45, 7) is 7.83. The Balaban J connectivity index is 2.37. The molecule has 1 saturated heterocycles. The number of thioether (sulfide) groups is 1. The second-order valence-electron chi connectivity index (χ2n) is 5.80. The predicted molar refractivity (Wildman–Crippen MR) is 96.3 cm³/mol. The highest BCUT2D eigenvalue weighted by molar-refractivity contribution is 8.00. The zero-order valence-corrected chi connectivity index (χ0v) is 15.2. The molecule has 1 fully saturated rings. The molecule has 130 valence electrons. The molecule has 0 radical (unpaired) electrons. The summed E-state index contributed by atoms with van der Waals surface area (Å²) in [5.41, 5.74) is 0. The van der Waals surface area contributed by atoms with Gasteiger partial charge in [0.05, 0.1) is 18.3 Å². The molecule has 5 nitrogen and oxygen atoms in total. The van der Waals surface area contributed by atoms with Crippen LogP contribution < -0.4 is 5.32 Å². The van der Waals surface area contributed by atoms with E-state index in [2.05, 4.69) is 23.1 Å². The van der Waals surface area contributed by atoms with Crippen molar-refractivity contribution in [2.24, 2.45) is 0 Å². The van der Waals surface area contributed by atoms with Crippen LogP contribution in [0.1, 0.15) is 33.1 Å². The molecule has 0 spiro atoms. The van der Waals surface area contributed by atoms with Crippen molar-refractivity contribution in [3.63, 3.8) is 0 Å². The van der Waals surface area contributed by atoms with Gasteiger partial charge in [-0.25, -0.2) is 0 Å². The molecule has 0 bridgehead atoms. The van der Waals surface area contributed by atoms with Crippen LogP contribution in [0.25, 0.3) is 0 Å². The normalized spacial score (nSPS) is 17.2. The summed E-state index contributed by atoms with van der Waals surface area (Å²) >= 11 is 1.74. The predicted octanol–water partition coefficient (Wildman–Crippen LogP) is 1.19. The van der Waals surface area contributed by atoms with Crippen LogP contribution in [0.5, 0.6) is 0 Å². The third kappa shape index (κ3) is 7.76. The number of carbonyl (C=O) groups excluding carboxylic acids is 2. The number of unbranched alkanes of at least 4 members (excludes halogenated alkanes) is 1. The third-order valence-corrected chi connectivity index (χ3v) is 5.09. The van der Waals surface area contributed by atoms with Gasteiger partial charge in [0, 0.05) is 26.2 Å². The van der Waals surface area contributed by atoms with Crippen molar-refractivity contribution in [2.75, 3.05) is 45.0 Å². The fourth-order valence-electron chi connectivity index (χ4n) is 2.49. The zero-order valence-electron chi connectivity index (χ0n) is 14.3. The lowest BCUT2D eigenvalue weighted by Gasteiger charge is -2.24. The monoisotopic (exact) mass is 339 g/mol. The molecule has 0 unspecified atom stereocenters. The van der Waals surface area contributed by atoms with Crippen LogP contribution in [0.3, 0.4) is 0 Å². The third-order valence-electron chi connectivity index (χ3n) is 3.87. The Morgan fingerprint density at radius 3 is 2.78 bits per heavy atom. The average Bonchev–Trinajstić information content (AvgIpc) is 2.78. The van der Waals surface area contributed by atoms with E-state index in [9.17, 15) is 9.59 Å². The number of hydrogen-bond acceptors (Lipinski definition) is 4. The number of carbonyl (C=O) groups is 2. The van der Waals surface area contributed by atoms with Crippen molar-refractivity contribution in [3.8, 4) is 12.3 Å². The number of nitrogens with one attached hydrogen (secondary N) is 1. The second kappa shape index (κ2) is 11.4. The molecule has 0 saturated carbocycles. The van der Waals surface area contributed by atoms with Crippen LogP contribution in [0.2, 0.25) is 0 Å². The number of amides is 2. The summed E-state index contributed by atoms with van der Waals surface area (Å²) in [5.74, 6) is 3.62. The first-order chi connectivity index (χ1) is 11.1. The van der Waals surface area contributed by atoms with Crippen LogP contribution in [-0.4, -0.2) is 71.9 Å². The molecule has 0 aromatic heterocycles. The molecule has 1 heterocycles. The van der Waals surface area contributed by atoms with Gasteiger partial charge in [-0.3, -0.25) is 14.5 Å². The van der Waals surface area contributed by atoms with Crippen LogP contribution in [0.15, 0.2) is 0 Å². The molecule has 1 atom stereocenters. The molecule has 1 aliphatic heterocycles. The van der Waals surface area contributed by atoms with Crippen molar-refractivity contribution in [2.45, 2.75) is 38.4 Å². The summed E-state index contributed by atoms with van der Waals surface area (Å²) < 4.78 is 0. The van der Waals surface area contributed by atoms with Gasteiger partial charge >= 0.3 is 0 Å². The van der Waals surface area contributed by atoms with Crippen LogP contribution >= 0.6 is 11.8 Å². The van der Waals surface area contributed by atoms with E-state index in [1.165, 1.54) is 0 Å². The maximum Gasteiger partial charge on any atom is 0.235 e. The first-order valence-corrected chi connectivity index (χ1v) is 9.46. The lowest BCUT2D eigenvalue weighted by Crippen LogP contribution is -2.41. The largest absolute Gasteiger partial charge is 0.344 e. The molecular weight excluding hydrogens is 310 g/mol. The van der Waals surface area contributed by atoms with Crippen molar-refractivity contribution < 1.29 is 9.59 Å². The van der Waals surface area contributed by atoms with E-state index < -0.39 is 0 Å². The maximum absolute atomic E-state index is 12.5. The SMILES string of the molecule is C#CCNC(=O)CN1CCCN(C(=O)[C@H](C)SCCCC)CC1. The van der Waals surface area contributed by atoms with Gasteiger partial charge in [-0.15, -0.1) is 18.2 Å². The summed E-state index contributed by atoms with van der Waals surface area (Å²) in [5, 5.41) is 2.70. The summed E-state index contributed by atoms with van der Waals surface area (Å²) in [6.07, 6.45) is 8.35. The molecule has 6 heteroatoms. The lowest BCUT2D eigenvalue weighted by atomic mass is 10.3. The molecule has 1 rings (SSSR count). The summed E-state index contributed by atoms with van der Waals surface area (Å²) in [6, 6.07) is 0. The van der Waals surface area contributed by atoms with Crippen molar-refractivity contribution in [1.29, 1.82) is 0 Å². The minimum absolute atomic E-state index is 0.0204. The average molecular weight is 340 g/mol. The topological polar surface area (TPSA) is 52.7 Å². The minimum Gasteiger partial charge on any atom is -0.344 e. The van der Waals surface area contributed by atoms with Gasteiger partial charge in [-0.2, -0.15) is 0 Å². The Kier molecular flexibility index (Phi) is 9.81. The fourth-order valence-corrected chi connectivity index (χ4v) is 3.59. The molecule has 0 aromatic carbocycles. The Morgan fingerprint density at radius 2 is 2.09 bits per heavy atom. The van der Waals surface area contributed by atoms with Crippen molar-refractivity contribution in [3.05, 3.63) is 0 Å². The molecule has 2 amide bonds. The van der Waals surface area contributed by atoms with Crippen molar-refractivity contribution >= 4 is 23.6 Å². The fraction of sp³-hybridized carbons (Fsp3) is 0.765. The molecule has 0 aromatic rings. The molecule has 1 aliphatic rings. The van der Waals surface area contributed by atoms with E-state index >= 15 is 0 Å². The van der Waals surface area contributed by atoms with Gasteiger partial charge in [0.1, 0.15) is 0 Å². The van der Waals surface area contributed by atoms with E-state index in [0.29, 0.717) is 13.1 Å². The van der Waals surface area contributed by atoms with E-state index in [4.69, 9.17) is 6.42 Å². The quantitative estimate of drug-likeness (QED) is 0.533. The highest BCUT2D eigenvalue weighted by Crippen LogP contribution is 2.16. The second-order valence-corrected chi connectivity index (χ2v) is 7.25. The van der Waals surface area contributed by atoms with E-state index in [1.54, 1.807) is 11.8 Å². The summed E-state index contributed by atoms with van der Waals surface area (Å²) in [7, 11) is 0. The van der Waals surface area contributed by atoms with Crippen LogP contribution in [0.4, 0.5) is 0 Å². The van der Waals surface area contributed by atoms with Gasteiger partial charge in [-0.1, -0.05) is 19.3 Å². The van der Waals surface area contributed by atoms with Gasteiger partial charge in [0.2, 0.25) is 11.8 Å². The Labute approximate surface area is 144 Å². The van der Waals surface area contributed by atoms with E-state index in [-0.39, 0.29) is 23.6 Å². The Hall–Kier alpha value is -1.19. The van der Waals surface area contributed by atoms with Gasteiger partial charge < -0.3 is 10.2 Å². The van der Waals surface area contributed by atoms with Gasteiger partial charge in [0.25, 0.3) is 0 Å². The first-order valence-electron chi connectivity index (χ1n) is 8.41. The zero-order chi connectivity index (χ0) is 17.1. The minimum atomic E-state index is -0.0498. The van der Waals surface area contributed by atoms with Crippen LogP contribution in [0, 0.1) is 12.3 Å². The number of rotatable bonds is 8. The number of terminal acetylenes is 1. The Morgan fingerprint density at radius 1 is 1.30 bits per heavy atom. The highest BCUT2D eigenvalue weighted by atomic mass is 32.2. The van der Waals surface area contributed by atoms with E-state index in [1.807, 2.05) is 11.8 Å². The number of hydrogen-bond donors (Lipinski definition) is 1. The molecule has 0 aliphatic carbocycles. The number of nitrogens with zero attached hydrogens (tertiary/aromatic N) is 2. The smallest absolute Gasteiger partial charge is 0.235 e. The summed E-state index contributed by atoms with van der Waals surface area (Å²) in [4.78, 5) is 28.3. The molecule has 1 N–H and O–H groups in total. The van der Waals surface area contributed by atoms with E-state index in [0.717, 1.165) is 44.6 Å². The molecule has 23 heavy (non-hydrogen) atoms. The van der Waals surface area contributed by atoms with Crippen LogP contribution in [-0.2, 0) is 9.59 Å². The standard InChI is InChI=1S/C17H29N3O2S/c1-4-6-13-23-15(3)17(22)20-10-7-9-19(11-12-20)14-16(21)18-8-5-2/h2,15H,4,6-14H2,1,3H3,(H,18,21)/t15-/m0/s1. The highest BCUT2D eigenvalue weighted by Gasteiger charge is 2.24. The molecular formula is C17H29N3O2S. The Bertz CT molecular complexity index is 423. The lowest BCUT2D eigenvalue weighted by molar-refractivity contribution is -0.130. The van der Waals surface area contributed by atoms with Crippen molar-refractivity contribution in [1.82, 2.24) is 15.1 Å².